The molecule has 6 rings (SSSR count). The van der Waals surface area contributed by atoms with E-state index >= 15 is 0 Å². The lowest BCUT2D eigenvalue weighted by atomic mass is 9.46. The highest BCUT2D eigenvalue weighted by atomic mass is 16.7. The van der Waals surface area contributed by atoms with Gasteiger partial charge in [-0.05, 0) is 88.5 Å². The monoisotopic (exact) mass is 456 g/mol. The van der Waals surface area contributed by atoms with Crippen LogP contribution in [0.4, 0.5) is 0 Å². The lowest BCUT2D eigenvalue weighted by Crippen LogP contribution is -2.60. The fourth-order valence-corrected chi connectivity index (χ4v) is 9.29. The number of aliphatic hydroxyl groups excluding tert-OH is 1. The summed E-state index contributed by atoms with van der Waals surface area (Å²) in [7, 11) is 0. The Morgan fingerprint density at radius 3 is 2.58 bits per heavy atom. The Balaban J connectivity index is 1.29. The van der Waals surface area contributed by atoms with Crippen LogP contribution in [-0.2, 0) is 14.3 Å². The molecule has 2 aliphatic heterocycles. The van der Waals surface area contributed by atoms with Crippen LogP contribution in [0.3, 0.4) is 0 Å². The van der Waals surface area contributed by atoms with Gasteiger partial charge in [-0.3, -0.25) is 4.79 Å². The Bertz CT molecular complexity index is 956. The third-order valence-electron chi connectivity index (χ3n) is 11.9. The second-order valence-electron chi connectivity index (χ2n) is 12.9. The number of aliphatic hydroxyl groups is 2. The van der Waals surface area contributed by atoms with Gasteiger partial charge >= 0.3 is 0 Å². The number of epoxide rings is 1. The van der Waals surface area contributed by atoms with Gasteiger partial charge in [0.25, 0.3) is 0 Å². The van der Waals surface area contributed by atoms with Crippen LogP contribution in [-0.4, -0.2) is 45.2 Å². The molecule has 182 valence electrons. The average Bonchev–Trinajstić information content (AvgIpc) is 3.24. The summed E-state index contributed by atoms with van der Waals surface area (Å²) in [5.74, 6) is 1.35. The maximum Gasteiger partial charge on any atom is 0.186 e. The van der Waals surface area contributed by atoms with Crippen molar-refractivity contribution < 1.29 is 24.5 Å². The molecule has 2 saturated carbocycles. The highest BCUT2D eigenvalue weighted by molar-refractivity contribution is 5.98. The predicted molar refractivity (Wildman–Crippen MR) is 124 cm³/mol. The second kappa shape index (κ2) is 6.60. The lowest BCUT2D eigenvalue weighted by molar-refractivity contribution is -0.231. The first-order valence-electron chi connectivity index (χ1n) is 13.1. The summed E-state index contributed by atoms with van der Waals surface area (Å²) < 4.78 is 12.0. The van der Waals surface area contributed by atoms with Gasteiger partial charge in [0.1, 0.15) is 11.2 Å². The van der Waals surface area contributed by atoms with Crippen molar-refractivity contribution in [2.24, 2.45) is 34.5 Å². The zero-order valence-electron chi connectivity index (χ0n) is 20.8. The number of carbonyl (C=O) groups is 1. The summed E-state index contributed by atoms with van der Waals surface area (Å²) in [6.45, 7) is 10.5. The molecule has 4 aliphatic carbocycles. The SMILES string of the molecule is C[C@H]([C@H]1C[C@]2(C)O[C@]2(C)C(O)O1)[C@@]1(O)CC[C@H]2[C@@H]3CC=C4CC=CC(=O)[C@]4(C)[C@H]3CC[C@@]21C. The molecule has 1 unspecified atom stereocenters. The zero-order valence-corrected chi connectivity index (χ0v) is 20.8. The number of hydrogen-bond donors (Lipinski definition) is 2. The molecule has 0 aromatic heterocycles. The lowest BCUT2D eigenvalue weighted by Gasteiger charge is -2.58. The van der Waals surface area contributed by atoms with Crippen LogP contribution in [0.25, 0.3) is 0 Å². The van der Waals surface area contributed by atoms with E-state index in [4.69, 9.17) is 9.47 Å². The molecule has 2 saturated heterocycles. The van der Waals surface area contributed by atoms with E-state index < -0.39 is 17.5 Å². The Kier molecular flexibility index (Phi) is 4.49. The summed E-state index contributed by atoms with van der Waals surface area (Å²) in [4.78, 5) is 13.1. The van der Waals surface area contributed by atoms with E-state index in [1.165, 1.54) is 5.57 Å². The van der Waals surface area contributed by atoms with Gasteiger partial charge in [0.2, 0.25) is 0 Å². The van der Waals surface area contributed by atoms with Crippen molar-refractivity contribution in [2.45, 2.75) is 109 Å². The molecule has 33 heavy (non-hydrogen) atoms. The van der Waals surface area contributed by atoms with E-state index in [1.807, 2.05) is 13.0 Å². The molecule has 11 atom stereocenters. The molecule has 0 aromatic rings. The van der Waals surface area contributed by atoms with E-state index in [1.54, 1.807) is 6.08 Å². The molecule has 2 N–H and O–H groups in total. The number of ketones is 1. The van der Waals surface area contributed by atoms with Gasteiger partial charge < -0.3 is 19.7 Å². The smallest absolute Gasteiger partial charge is 0.186 e. The van der Waals surface area contributed by atoms with Crippen molar-refractivity contribution in [3.05, 3.63) is 23.8 Å². The quantitative estimate of drug-likeness (QED) is 0.478. The van der Waals surface area contributed by atoms with E-state index in [2.05, 4.69) is 33.8 Å². The zero-order chi connectivity index (χ0) is 23.6. The van der Waals surface area contributed by atoms with Crippen molar-refractivity contribution in [2.75, 3.05) is 0 Å². The summed E-state index contributed by atoms with van der Waals surface area (Å²) in [5.41, 5.74) is -1.15. The minimum atomic E-state index is -0.958. The summed E-state index contributed by atoms with van der Waals surface area (Å²) >= 11 is 0. The Labute approximate surface area is 197 Å². The standard InChI is InChI=1S/C28H40O5/c1-16(21-15-25(3)27(5,33-25)23(30)32-21)28(31)14-12-19-18-10-9-17-7-6-8-22(29)26(17,4)20(18)11-13-24(19,28)2/h6,8-9,16,18-21,23,30-31H,7,10-15H2,1-5H3/t16-,18+,19+,20+,21-,23?,24+,25+,26+,27-,28+/m1/s1. The number of rotatable bonds is 2. The Morgan fingerprint density at radius 2 is 1.85 bits per heavy atom. The molecule has 2 heterocycles. The van der Waals surface area contributed by atoms with Gasteiger partial charge in [-0.2, -0.15) is 0 Å². The summed E-state index contributed by atoms with van der Waals surface area (Å²) in [6, 6.07) is 0. The van der Waals surface area contributed by atoms with Crippen LogP contribution in [0, 0.1) is 34.5 Å². The largest absolute Gasteiger partial charge is 0.389 e. The topological polar surface area (TPSA) is 79.3 Å². The first-order chi connectivity index (χ1) is 15.4. The molecule has 0 radical (unpaired) electrons. The molecule has 0 aromatic carbocycles. The van der Waals surface area contributed by atoms with E-state index in [-0.39, 0.29) is 34.2 Å². The maximum absolute atomic E-state index is 13.1. The first kappa shape index (κ1) is 22.5. The molecule has 5 heteroatoms. The van der Waals surface area contributed by atoms with Crippen LogP contribution < -0.4 is 0 Å². The fourth-order valence-electron chi connectivity index (χ4n) is 9.29. The normalized spacial score (nSPS) is 58.0. The van der Waals surface area contributed by atoms with Crippen molar-refractivity contribution in [3.63, 3.8) is 0 Å². The number of hydrogen-bond acceptors (Lipinski definition) is 5. The highest BCUT2D eigenvalue weighted by Gasteiger charge is 2.73. The van der Waals surface area contributed by atoms with Crippen LogP contribution in [0.2, 0.25) is 0 Å². The fraction of sp³-hybridized carbons (Fsp3) is 0.821. The van der Waals surface area contributed by atoms with Gasteiger partial charge in [-0.25, -0.2) is 0 Å². The maximum atomic E-state index is 13.1. The molecular weight excluding hydrogens is 416 g/mol. The van der Waals surface area contributed by atoms with Gasteiger partial charge in [0, 0.05) is 12.3 Å². The summed E-state index contributed by atoms with van der Waals surface area (Å²) in [5, 5.41) is 23.0. The van der Waals surface area contributed by atoms with Crippen LogP contribution in [0.5, 0.6) is 0 Å². The molecule has 0 spiro atoms. The van der Waals surface area contributed by atoms with Crippen LogP contribution in [0.15, 0.2) is 23.8 Å². The van der Waals surface area contributed by atoms with Crippen LogP contribution in [0.1, 0.15) is 79.6 Å². The van der Waals surface area contributed by atoms with Crippen molar-refractivity contribution in [1.82, 2.24) is 0 Å². The molecule has 6 aliphatic rings. The highest BCUT2D eigenvalue weighted by Crippen LogP contribution is 2.68. The van der Waals surface area contributed by atoms with Crippen molar-refractivity contribution >= 4 is 5.78 Å². The Hall–Kier alpha value is -1.01. The third kappa shape index (κ3) is 2.55. The predicted octanol–water partition coefficient (Wildman–Crippen LogP) is 4.32. The second-order valence-corrected chi connectivity index (χ2v) is 12.9. The van der Waals surface area contributed by atoms with E-state index in [0.29, 0.717) is 24.2 Å². The van der Waals surface area contributed by atoms with Gasteiger partial charge in [0.15, 0.2) is 12.1 Å². The number of carbonyl (C=O) groups excluding carboxylic acids is 1. The minimum Gasteiger partial charge on any atom is -0.389 e. The minimum absolute atomic E-state index is 0.103. The molecular formula is C28H40O5. The van der Waals surface area contributed by atoms with Gasteiger partial charge in [0.05, 0.1) is 17.1 Å². The average molecular weight is 457 g/mol. The molecule has 0 bridgehead atoms. The van der Waals surface area contributed by atoms with Gasteiger partial charge in [-0.1, -0.05) is 31.6 Å². The van der Waals surface area contributed by atoms with Crippen molar-refractivity contribution in [3.8, 4) is 0 Å². The van der Waals surface area contributed by atoms with Gasteiger partial charge in [-0.15, -0.1) is 0 Å². The third-order valence-corrected chi connectivity index (χ3v) is 11.9. The Morgan fingerprint density at radius 1 is 1.12 bits per heavy atom. The van der Waals surface area contributed by atoms with E-state index in [9.17, 15) is 15.0 Å². The molecule has 4 fully saturated rings. The number of ether oxygens (including phenoxy) is 2. The molecule has 5 nitrogen and oxygen atoms in total. The number of allylic oxidation sites excluding steroid dienone is 4. The number of fused-ring (bicyclic) bond motifs is 6. The summed E-state index contributed by atoms with van der Waals surface area (Å²) in [6.07, 6.45) is 11.2. The first-order valence-corrected chi connectivity index (χ1v) is 13.1. The molecule has 0 amide bonds. The van der Waals surface area contributed by atoms with Crippen LogP contribution >= 0.6 is 0 Å². The van der Waals surface area contributed by atoms with E-state index in [0.717, 1.165) is 38.5 Å². The van der Waals surface area contributed by atoms with Crippen molar-refractivity contribution in [1.29, 1.82) is 0 Å².